The summed E-state index contributed by atoms with van der Waals surface area (Å²) in [6, 6.07) is 7.81. The van der Waals surface area contributed by atoms with E-state index in [0.29, 0.717) is 5.82 Å². The molecule has 0 aliphatic heterocycles. The summed E-state index contributed by atoms with van der Waals surface area (Å²) in [6.07, 6.45) is 3.92. The number of anilines is 1. The van der Waals surface area contributed by atoms with Crippen molar-refractivity contribution >= 4 is 22.6 Å². The van der Waals surface area contributed by atoms with Crippen molar-refractivity contribution in [3.05, 3.63) is 24.3 Å². The predicted molar refractivity (Wildman–Crippen MR) is 78.0 cm³/mol. The van der Waals surface area contributed by atoms with Crippen LogP contribution in [-0.4, -0.2) is 16.1 Å². The Balaban J connectivity index is 2.13. The molecule has 0 radical (unpaired) electrons. The molecule has 0 bridgehead atoms. The van der Waals surface area contributed by atoms with E-state index in [2.05, 4.69) is 29.4 Å². The average molecular weight is 259 g/mol. The Bertz CT molecular complexity index is 541. The van der Waals surface area contributed by atoms with Gasteiger partial charge in [0.1, 0.15) is 0 Å². The van der Waals surface area contributed by atoms with E-state index >= 15 is 0 Å². The molecule has 1 heterocycles. The second-order valence-electron chi connectivity index (χ2n) is 4.88. The largest absolute Gasteiger partial charge is 0.308 e. The second kappa shape index (κ2) is 6.36. The molecule has 19 heavy (non-hydrogen) atoms. The van der Waals surface area contributed by atoms with E-state index in [0.717, 1.165) is 36.6 Å². The highest BCUT2D eigenvalue weighted by atomic mass is 16.1. The van der Waals surface area contributed by atoms with Crippen LogP contribution < -0.4 is 5.32 Å². The zero-order valence-electron chi connectivity index (χ0n) is 11.6. The van der Waals surface area contributed by atoms with Gasteiger partial charge in [0.25, 0.3) is 0 Å². The number of hydrogen-bond donors (Lipinski definition) is 2. The zero-order valence-corrected chi connectivity index (χ0v) is 11.6. The molecule has 2 aromatic rings. The Morgan fingerprint density at radius 1 is 1.26 bits per heavy atom. The van der Waals surface area contributed by atoms with Crippen molar-refractivity contribution in [3.63, 3.8) is 0 Å². The third kappa shape index (κ3) is 3.13. The lowest BCUT2D eigenvalue weighted by Crippen LogP contribution is -2.23. The maximum atomic E-state index is 12.3. The fourth-order valence-corrected chi connectivity index (χ4v) is 2.38. The van der Waals surface area contributed by atoms with Crippen molar-refractivity contribution < 1.29 is 4.79 Å². The van der Waals surface area contributed by atoms with Gasteiger partial charge >= 0.3 is 0 Å². The molecule has 0 saturated carbocycles. The minimum Gasteiger partial charge on any atom is -0.308 e. The molecule has 1 aromatic heterocycles. The smallest absolute Gasteiger partial charge is 0.228 e. The third-order valence-electron chi connectivity index (χ3n) is 3.36. The molecule has 102 valence electrons. The second-order valence-corrected chi connectivity index (χ2v) is 4.88. The molecule has 4 heteroatoms. The molecule has 2 rings (SSSR count). The molecule has 0 fully saturated rings. The number of aromatic nitrogens is 2. The van der Waals surface area contributed by atoms with Gasteiger partial charge in [0.2, 0.25) is 5.91 Å². The van der Waals surface area contributed by atoms with Crippen molar-refractivity contribution in [1.82, 2.24) is 10.2 Å². The Kier molecular flexibility index (Phi) is 4.55. The normalized spacial score (nSPS) is 11.1. The number of amides is 1. The van der Waals surface area contributed by atoms with E-state index in [-0.39, 0.29) is 11.8 Å². The summed E-state index contributed by atoms with van der Waals surface area (Å²) in [4.78, 5) is 12.3. The van der Waals surface area contributed by atoms with Crippen molar-refractivity contribution in [2.24, 2.45) is 5.92 Å². The first-order valence-corrected chi connectivity index (χ1v) is 7.00. The van der Waals surface area contributed by atoms with Gasteiger partial charge in [0, 0.05) is 11.3 Å². The number of para-hydroxylation sites is 1. The topological polar surface area (TPSA) is 57.8 Å². The van der Waals surface area contributed by atoms with Gasteiger partial charge in [-0.3, -0.25) is 9.89 Å². The van der Waals surface area contributed by atoms with E-state index in [1.165, 1.54) is 0 Å². The number of carbonyl (C=O) groups is 1. The van der Waals surface area contributed by atoms with E-state index < -0.39 is 0 Å². The molecule has 0 spiro atoms. The molecule has 0 saturated heterocycles. The number of benzene rings is 1. The van der Waals surface area contributed by atoms with Gasteiger partial charge in [0.05, 0.1) is 5.52 Å². The Hall–Kier alpha value is -1.84. The summed E-state index contributed by atoms with van der Waals surface area (Å²) in [5.41, 5.74) is 0.945. The summed E-state index contributed by atoms with van der Waals surface area (Å²) in [7, 11) is 0. The molecule has 2 N–H and O–H groups in total. The minimum atomic E-state index is 0.0842. The van der Waals surface area contributed by atoms with Crippen molar-refractivity contribution in [1.29, 1.82) is 0 Å². The predicted octanol–water partition coefficient (Wildman–Crippen LogP) is 3.72. The SMILES string of the molecule is CCCC(CCC)C(=O)Nc1n[nH]c2ccccc12. The fraction of sp³-hybridized carbons (Fsp3) is 0.467. The Morgan fingerprint density at radius 2 is 1.95 bits per heavy atom. The molecule has 1 aromatic carbocycles. The summed E-state index contributed by atoms with van der Waals surface area (Å²) >= 11 is 0. The van der Waals surface area contributed by atoms with Crippen LogP contribution in [0.25, 0.3) is 10.9 Å². The first-order valence-electron chi connectivity index (χ1n) is 7.00. The minimum absolute atomic E-state index is 0.0842. The highest BCUT2D eigenvalue weighted by Crippen LogP contribution is 2.22. The van der Waals surface area contributed by atoms with Gasteiger partial charge in [-0.1, -0.05) is 38.8 Å². The highest BCUT2D eigenvalue weighted by molar-refractivity contribution is 6.00. The lowest BCUT2D eigenvalue weighted by atomic mass is 9.97. The van der Waals surface area contributed by atoms with Crippen LogP contribution in [0.2, 0.25) is 0 Å². The molecule has 0 unspecified atom stereocenters. The molecular formula is C15H21N3O. The van der Waals surface area contributed by atoms with Crippen LogP contribution >= 0.6 is 0 Å². The summed E-state index contributed by atoms with van der Waals surface area (Å²) in [5, 5.41) is 11.0. The van der Waals surface area contributed by atoms with E-state index in [4.69, 9.17) is 0 Å². The highest BCUT2D eigenvalue weighted by Gasteiger charge is 2.18. The number of H-pyrrole nitrogens is 1. The van der Waals surface area contributed by atoms with Crippen LogP contribution in [0.4, 0.5) is 5.82 Å². The molecule has 0 atom stereocenters. The number of hydrogen-bond acceptors (Lipinski definition) is 2. The van der Waals surface area contributed by atoms with Gasteiger partial charge < -0.3 is 5.32 Å². The van der Waals surface area contributed by atoms with Crippen molar-refractivity contribution in [3.8, 4) is 0 Å². The summed E-state index contributed by atoms with van der Waals surface area (Å²) < 4.78 is 0. The zero-order chi connectivity index (χ0) is 13.7. The number of nitrogens with one attached hydrogen (secondary N) is 2. The standard InChI is InChI=1S/C15H21N3O/c1-3-7-11(8-4-2)15(19)16-14-12-9-5-6-10-13(12)17-18-14/h5-6,9-11H,3-4,7-8H2,1-2H3,(H2,16,17,18,19). The first kappa shape index (κ1) is 13.6. The van der Waals surface area contributed by atoms with Crippen molar-refractivity contribution in [2.45, 2.75) is 39.5 Å². The maximum absolute atomic E-state index is 12.3. The van der Waals surface area contributed by atoms with Gasteiger partial charge in [-0.2, -0.15) is 5.10 Å². The van der Waals surface area contributed by atoms with Crippen LogP contribution in [0.15, 0.2) is 24.3 Å². The summed E-state index contributed by atoms with van der Waals surface area (Å²) in [6.45, 7) is 4.22. The molecular weight excluding hydrogens is 238 g/mol. The van der Waals surface area contributed by atoms with E-state index in [9.17, 15) is 4.79 Å². The van der Waals surface area contributed by atoms with Crippen molar-refractivity contribution in [2.75, 3.05) is 5.32 Å². The quantitative estimate of drug-likeness (QED) is 0.830. The first-order chi connectivity index (χ1) is 9.26. The van der Waals surface area contributed by atoms with Gasteiger partial charge in [-0.05, 0) is 25.0 Å². The van der Waals surface area contributed by atoms with Crippen LogP contribution in [0.5, 0.6) is 0 Å². The summed E-state index contributed by atoms with van der Waals surface area (Å²) in [5.74, 6) is 0.809. The monoisotopic (exact) mass is 259 g/mol. The van der Waals surface area contributed by atoms with Gasteiger partial charge in [0.15, 0.2) is 5.82 Å². The van der Waals surface area contributed by atoms with E-state index in [1.807, 2.05) is 24.3 Å². The number of rotatable bonds is 6. The molecule has 1 amide bonds. The number of fused-ring (bicyclic) bond motifs is 1. The fourth-order valence-electron chi connectivity index (χ4n) is 2.38. The molecule has 0 aliphatic carbocycles. The molecule has 0 aliphatic rings. The number of carbonyl (C=O) groups excluding carboxylic acids is 1. The number of aromatic amines is 1. The average Bonchev–Trinajstić information content (AvgIpc) is 2.82. The number of nitrogens with zero attached hydrogens (tertiary/aromatic N) is 1. The Morgan fingerprint density at radius 3 is 2.63 bits per heavy atom. The lowest BCUT2D eigenvalue weighted by molar-refractivity contribution is -0.120. The van der Waals surface area contributed by atoms with Crippen LogP contribution in [-0.2, 0) is 4.79 Å². The molecule has 4 nitrogen and oxygen atoms in total. The third-order valence-corrected chi connectivity index (χ3v) is 3.36. The maximum Gasteiger partial charge on any atom is 0.228 e. The van der Waals surface area contributed by atoms with Crippen LogP contribution in [0.1, 0.15) is 39.5 Å². The lowest BCUT2D eigenvalue weighted by Gasteiger charge is -2.14. The van der Waals surface area contributed by atoms with Gasteiger partial charge in [-0.15, -0.1) is 0 Å². The Labute approximate surface area is 113 Å². The van der Waals surface area contributed by atoms with Gasteiger partial charge in [-0.25, -0.2) is 0 Å². The van der Waals surface area contributed by atoms with Crippen LogP contribution in [0.3, 0.4) is 0 Å². The van der Waals surface area contributed by atoms with Crippen LogP contribution in [0, 0.1) is 5.92 Å². The van der Waals surface area contributed by atoms with E-state index in [1.54, 1.807) is 0 Å².